The summed E-state index contributed by atoms with van der Waals surface area (Å²) in [6.45, 7) is 7.66. The number of guanidine groups is 1. The predicted molar refractivity (Wildman–Crippen MR) is 125 cm³/mol. The van der Waals surface area contributed by atoms with Gasteiger partial charge in [-0.05, 0) is 43.8 Å². The summed E-state index contributed by atoms with van der Waals surface area (Å²) in [5.41, 5.74) is 1.25. The van der Waals surface area contributed by atoms with Crippen LogP contribution in [0.4, 0.5) is 0 Å². The Morgan fingerprint density at radius 3 is 2.85 bits per heavy atom. The predicted octanol–water partition coefficient (Wildman–Crippen LogP) is 4.25. The smallest absolute Gasteiger partial charge is 0.193 e. The van der Waals surface area contributed by atoms with Gasteiger partial charge in [-0.15, -0.1) is 24.0 Å². The number of unbranched alkanes of at least 4 members (excludes halogenated alkanes) is 1. The summed E-state index contributed by atoms with van der Waals surface area (Å²) < 4.78 is 5.93. The van der Waals surface area contributed by atoms with Crippen LogP contribution in [0.2, 0.25) is 0 Å². The minimum Gasteiger partial charge on any atom is -0.376 e. The van der Waals surface area contributed by atoms with Crippen molar-refractivity contribution in [2.24, 2.45) is 10.9 Å². The normalized spacial score (nSPS) is 17.2. The van der Waals surface area contributed by atoms with Crippen LogP contribution < -0.4 is 5.32 Å². The number of rotatable bonds is 10. The quantitative estimate of drug-likeness (QED) is 0.230. The molecular formula is C20H34IN3OS. The van der Waals surface area contributed by atoms with E-state index < -0.39 is 0 Å². The van der Waals surface area contributed by atoms with E-state index in [1.807, 2.05) is 17.8 Å². The van der Waals surface area contributed by atoms with E-state index in [4.69, 9.17) is 9.73 Å². The lowest BCUT2D eigenvalue weighted by atomic mass is 10.1. The minimum atomic E-state index is 0. The first-order valence-electron chi connectivity index (χ1n) is 9.47. The molecule has 0 spiro atoms. The number of nitrogens with one attached hydrogen (secondary N) is 1. The number of thioether (sulfide) groups is 1. The summed E-state index contributed by atoms with van der Waals surface area (Å²) >= 11 is 1.91. The van der Waals surface area contributed by atoms with Crippen molar-refractivity contribution in [1.82, 2.24) is 10.2 Å². The molecule has 1 aromatic carbocycles. The molecule has 0 amide bonds. The van der Waals surface area contributed by atoms with Crippen LogP contribution in [-0.4, -0.2) is 55.7 Å². The Labute approximate surface area is 180 Å². The molecule has 1 atom stereocenters. The first-order valence-corrected chi connectivity index (χ1v) is 10.9. The monoisotopic (exact) mass is 491 g/mol. The van der Waals surface area contributed by atoms with Crippen LogP contribution in [0.3, 0.4) is 0 Å². The lowest BCUT2D eigenvalue weighted by Gasteiger charge is -2.21. The van der Waals surface area contributed by atoms with Crippen LogP contribution in [0.15, 0.2) is 35.3 Å². The number of nitrogens with zero attached hydrogens (tertiary/aromatic N) is 2. The molecule has 1 aliphatic heterocycles. The maximum atomic E-state index is 5.93. The number of benzene rings is 1. The van der Waals surface area contributed by atoms with Crippen molar-refractivity contribution in [2.75, 3.05) is 44.8 Å². The maximum absolute atomic E-state index is 5.93. The maximum Gasteiger partial charge on any atom is 0.193 e. The van der Waals surface area contributed by atoms with E-state index in [1.54, 1.807) is 0 Å². The molecule has 1 fully saturated rings. The summed E-state index contributed by atoms with van der Waals surface area (Å²) in [5, 5.41) is 3.45. The number of hydrogen-bond donors (Lipinski definition) is 1. The minimum absolute atomic E-state index is 0. The van der Waals surface area contributed by atoms with Crippen LogP contribution in [0.5, 0.6) is 0 Å². The third kappa shape index (κ3) is 8.95. The topological polar surface area (TPSA) is 36.9 Å². The molecule has 6 heteroatoms. The fraction of sp³-hybridized carbons (Fsp3) is 0.650. The van der Waals surface area contributed by atoms with Crippen molar-refractivity contribution in [2.45, 2.75) is 32.8 Å². The van der Waals surface area contributed by atoms with Crippen LogP contribution in [-0.2, 0) is 11.3 Å². The third-order valence-corrected chi connectivity index (χ3v) is 5.10. The van der Waals surface area contributed by atoms with Crippen molar-refractivity contribution in [3.63, 3.8) is 0 Å². The van der Waals surface area contributed by atoms with Gasteiger partial charge in [0.2, 0.25) is 0 Å². The van der Waals surface area contributed by atoms with Crippen LogP contribution in [0.25, 0.3) is 0 Å². The number of likely N-dealkylation sites (tertiary alicyclic amines) is 1. The molecule has 2 rings (SSSR count). The van der Waals surface area contributed by atoms with E-state index in [-0.39, 0.29) is 24.0 Å². The van der Waals surface area contributed by atoms with Gasteiger partial charge in [-0.2, -0.15) is 11.8 Å². The van der Waals surface area contributed by atoms with Gasteiger partial charge in [0.1, 0.15) is 0 Å². The first kappa shape index (κ1) is 23.6. The first-order chi connectivity index (χ1) is 12.3. The molecule has 1 aromatic rings. The second kappa shape index (κ2) is 14.6. The lowest BCUT2D eigenvalue weighted by molar-refractivity contribution is 0.0907. The van der Waals surface area contributed by atoms with Crippen molar-refractivity contribution in [1.29, 1.82) is 0 Å². The second-order valence-corrected chi connectivity index (χ2v) is 7.52. The molecule has 1 unspecified atom stereocenters. The van der Waals surface area contributed by atoms with Crippen molar-refractivity contribution in [3.8, 4) is 0 Å². The zero-order chi connectivity index (χ0) is 17.7. The third-order valence-electron chi connectivity index (χ3n) is 4.40. The number of aliphatic imine (C=N–C) groups is 1. The van der Waals surface area contributed by atoms with Gasteiger partial charge in [0.05, 0.1) is 13.2 Å². The SMILES string of the molecule is CCNC(=NCCCCSC)N1CCC(COCc2ccccc2)C1.I. The molecule has 0 bridgehead atoms. The molecule has 0 saturated carbocycles. The molecule has 148 valence electrons. The summed E-state index contributed by atoms with van der Waals surface area (Å²) in [4.78, 5) is 7.21. The van der Waals surface area contributed by atoms with E-state index in [2.05, 4.69) is 47.7 Å². The molecule has 0 aromatic heterocycles. The van der Waals surface area contributed by atoms with Crippen molar-refractivity contribution < 1.29 is 4.74 Å². The van der Waals surface area contributed by atoms with E-state index in [1.165, 1.54) is 30.6 Å². The van der Waals surface area contributed by atoms with Gasteiger partial charge in [-0.25, -0.2) is 0 Å². The molecule has 0 radical (unpaired) electrons. The molecule has 4 nitrogen and oxygen atoms in total. The summed E-state index contributed by atoms with van der Waals surface area (Å²) in [6.07, 6.45) is 5.77. The zero-order valence-electron chi connectivity index (χ0n) is 16.2. The second-order valence-electron chi connectivity index (χ2n) is 6.54. The van der Waals surface area contributed by atoms with Gasteiger partial charge in [0.15, 0.2) is 5.96 Å². The summed E-state index contributed by atoms with van der Waals surface area (Å²) in [7, 11) is 0. The summed E-state index contributed by atoms with van der Waals surface area (Å²) in [5.74, 6) is 2.91. The fourth-order valence-electron chi connectivity index (χ4n) is 3.05. The Balaban J connectivity index is 0.00000338. The van der Waals surface area contributed by atoms with Gasteiger partial charge in [-0.1, -0.05) is 30.3 Å². The molecule has 1 aliphatic rings. The van der Waals surface area contributed by atoms with Gasteiger partial charge < -0.3 is 15.0 Å². The Bertz CT molecular complexity index is 501. The highest BCUT2D eigenvalue weighted by Crippen LogP contribution is 2.17. The molecule has 0 aliphatic carbocycles. The highest BCUT2D eigenvalue weighted by Gasteiger charge is 2.24. The molecule has 1 N–H and O–H groups in total. The van der Waals surface area contributed by atoms with Gasteiger partial charge in [0, 0.05) is 32.1 Å². The van der Waals surface area contributed by atoms with Crippen LogP contribution in [0.1, 0.15) is 31.7 Å². The van der Waals surface area contributed by atoms with Crippen molar-refractivity contribution >= 4 is 41.7 Å². The Kier molecular flexibility index (Phi) is 13.2. The average molecular weight is 491 g/mol. The molecule has 1 saturated heterocycles. The fourth-order valence-corrected chi connectivity index (χ4v) is 3.54. The zero-order valence-corrected chi connectivity index (χ0v) is 19.3. The van der Waals surface area contributed by atoms with Crippen molar-refractivity contribution in [3.05, 3.63) is 35.9 Å². The molecule has 1 heterocycles. The largest absolute Gasteiger partial charge is 0.376 e. The van der Waals surface area contributed by atoms with E-state index in [9.17, 15) is 0 Å². The molecular weight excluding hydrogens is 457 g/mol. The lowest BCUT2D eigenvalue weighted by Crippen LogP contribution is -2.40. The van der Waals surface area contributed by atoms with E-state index in [0.29, 0.717) is 12.5 Å². The van der Waals surface area contributed by atoms with E-state index >= 15 is 0 Å². The van der Waals surface area contributed by atoms with E-state index in [0.717, 1.165) is 38.7 Å². The highest BCUT2D eigenvalue weighted by molar-refractivity contribution is 14.0. The standard InChI is InChI=1S/C20H33N3OS.HI/c1-3-21-20(22-12-7-8-14-25-2)23-13-11-19(15-23)17-24-16-18-9-5-4-6-10-18;/h4-6,9-10,19H,3,7-8,11-17H2,1-2H3,(H,21,22);1H. The Morgan fingerprint density at radius 1 is 1.31 bits per heavy atom. The van der Waals surface area contributed by atoms with Gasteiger partial charge in [0.25, 0.3) is 0 Å². The highest BCUT2D eigenvalue weighted by atomic mass is 127. The molecule has 26 heavy (non-hydrogen) atoms. The number of ether oxygens (including phenoxy) is 1. The Hall–Kier alpha value is -0.470. The van der Waals surface area contributed by atoms with Gasteiger partial charge in [-0.3, -0.25) is 4.99 Å². The van der Waals surface area contributed by atoms with Gasteiger partial charge >= 0.3 is 0 Å². The number of halogens is 1. The summed E-state index contributed by atoms with van der Waals surface area (Å²) in [6, 6.07) is 10.4. The Morgan fingerprint density at radius 2 is 2.12 bits per heavy atom. The van der Waals surface area contributed by atoms with Crippen LogP contribution >= 0.6 is 35.7 Å². The average Bonchev–Trinajstić information content (AvgIpc) is 3.10. The number of hydrogen-bond acceptors (Lipinski definition) is 3. The van der Waals surface area contributed by atoms with Crippen LogP contribution in [0, 0.1) is 5.92 Å².